The number of aromatic amines is 1. The molecule has 0 saturated heterocycles. The highest BCUT2D eigenvalue weighted by Gasteiger charge is 2.20. The maximum atomic E-state index is 13.1. The summed E-state index contributed by atoms with van der Waals surface area (Å²) >= 11 is 0. The van der Waals surface area contributed by atoms with Crippen LogP contribution >= 0.6 is 0 Å². The van der Waals surface area contributed by atoms with Crippen molar-refractivity contribution in [1.29, 1.82) is 0 Å². The van der Waals surface area contributed by atoms with Gasteiger partial charge >= 0.3 is 0 Å². The second-order valence-corrected chi connectivity index (χ2v) is 8.81. The molecule has 1 aliphatic rings. The predicted molar refractivity (Wildman–Crippen MR) is 110 cm³/mol. The number of H-pyrrole nitrogens is 1. The fraction of sp³-hybridized carbons (Fsp3) is 0.182. The van der Waals surface area contributed by atoms with E-state index in [9.17, 15) is 8.42 Å². The van der Waals surface area contributed by atoms with Crippen LogP contribution in [0.5, 0.6) is 0 Å². The van der Waals surface area contributed by atoms with E-state index in [0.29, 0.717) is 10.6 Å². The number of anilines is 1. The Bertz CT molecular complexity index is 1270. The van der Waals surface area contributed by atoms with Crippen LogP contribution in [0.1, 0.15) is 24.1 Å². The first-order valence-corrected chi connectivity index (χ1v) is 10.7. The van der Waals surface area contributed by atoms with E-state index in [0.717, 1.165) is 40.9 Å². The molecule has 1 aliphatic carbocycles. The number of benzene rings is 3. The van der Waals surface area contributed by atoms with E-state index in [1.54, 1.807) is 12.1 Å². The van der Waals surface area contributed by atoms with E-state index in [2.05, 4.69) is 9.71 Å². The summed E-state index contributed by atoms with van der Waals surface area (Å²) < 4.78 is 28.9. The smallest absolute Gasteiger partial charge is 0.261 e. The standard InChI is InChI=1S/C22H20N2O2S/c25-27(26,24-22-11-5-7-15-6-1-2-8-17(15)22)16-12-13-21-19(14-16)18-9-3-4-10-20(18)23-21/h1-2,5-8,11-14,23-24H,3-4,9-10H2. The molecule has 5 heteroatoms. The average molecular weight is 376 g/mol. The summed E-state index contributed by atoms with van der Waals surface area (Å²) in [5.41, 5.74) is 4.15. The third kappa shape index (κ3) is 2.79. The first-order valence-electron chi connectivity index (χ1n) is 9.26. The molecule has 4 nitrogen and oxygen atoms in total. The Kier molecular flexibility index (Phi) is 3.72. The van der Waals surface area contributed by atoms with Gasteiger partial charge in [0.05, 0.1) is 10.6 Å². The van der Waals surface area contributed by atoms with E-state index in [1.165, 1.54) is 17.7 Å². The van der Waals surface area contributed by atoms with E-state index < -0.39 is 10.0 Å². The minimum atomic E-state index is -3.66. The number of aromatic nitrogens is 1. The highest BCUT2D eigenvalue weighted by molar-refractivity contribution is 7.92. The number of hydrogen-bond acceptors (Lipinski definition) is 2. The Morgan fingerprint density at radius 1 is 0.852 bits per heavy atom. The van der Waals surface area contributed by atoms with Crippen molar-refractivity contribution in [3.63, 3.8) is 0 Å². The van der Waals surface area contributed by atoms with E-state index >= 15 is 0 Å². The van der Waals surface area contributed by atoms with Crippen LogP contribution in [0.3, 0.4) is 0 Å². The maximum Gasteiger partial charge on any atom is 0.261 e. The molecule has 1 aromatic heterocycles. The van der Waals surface area contributed by atoms with Crippen molar-refractivity contribution in [2.45, 2.75) is 30.6 Å². The fourth-order valence-corrected chi connectivity index (χ4v) is 5.18. The predicted octanol–water partition coefficient (Wildman–Crippen LogP) is 5.00. The second kappa shape index (κ2) is 6.13. The normalized spacial score (nSPS) is 14.4. The van der Waals surface area contributed by atoms with Crippen molar-refractivity contribution in [3.8, 4) is 0 Å². The van der Waals surface area contributed by atoms with E-state index in [-0.39, 0.29) is 0 Å². The van der Waals surface area contributed by atoms with Crippen molar-refractivity contribution in [1.82, 2.24) is 4.98 Å². The van der Waals surface area contributed by atoms with Gasteiger partial charge in [-0.15, -0.1) is 0 Å². The Balaban J connectivity index is 1.58. The molecule has 0 unspecified atom stereocenters. The molecule has 1 heterocycles. The fourth-order valence-electron chi connectivity index (χ4n) is 4.07. The number of sulfonamides is 1. The molecule has 5 rings (SSSR count). The topological polar surface area (TPSA) is 62.0 Å². The summed E-state index contributed by atoms with van der Waals surface area (Å²) in [6, 6.07) is 18.8. The zero-order valence-electron chi connectivity index (χ0n) is 14.8. The van der Waals surface area contributed by atoms with Gasteiger partial charge in [-0.05, 0) is 60.9 Å². The molecule has 0 amide bonds. The van der Waals surface area contributed by atoms with Gasteiger partial charge in [-0.1, -0.05) is 36.4 Å². The van der Waals surface area contributed by atoms with Crippen LogP contribution in [0.25, 0.3) is 21.7 Å². The first-order chi connectivity index (χ1) is 13.1. The zero-order valence-corrected chi connectivity index (χ0v) is 15.6. The van der Waals surface area contributed by atoms with Gasteiger partial charge in [0.2, 0.25) is 0 Å². The van der Waals surface area contributed by atoms with Crippen LogP contribution in [-0.4, -0.2) is 13.4 Å². The zero-order chi connectivity index (χ0) is 18.4. The summed E-state index contributed by atoms with van der Waals surface area (Å²) in [5, 5.41) is 2.93. The van der Waals surface area contributed by atoms with Crippen LogP contribution in [0.2, 0.25) is 0 Å². The van der Waals surface area contributed by atoms with Gasteiger partial charge < -0.3 is 4.98 Å². The van der Waals surface area contributed by atoms with Crippen LogP contribution in [0.4, 0.5) is 5.69 Å². The third-order valence-electron chi connectivity index (χ3n) is 5.41. The number of aryl methyl sites for hydroxylation is 2. The largest absolute Gasteiger partial charge is 0.358 e. The Morgan fingerprint density at radius 2 is 1.67 bits per heavy atom. The Hall–Kier alpha value is -2.79. The van der Waals surface area contributed by atoms with Gasteiger partial charge in [0, 0.05) is 22.0 Å². The van der Waals surface area contributed by atoms with Crippen molar-refractivity contribution >= 4 is 37.4 Å². The number of hydrogen-bond donors (Lipinski definition) is 2. The molecule has 2 N–H and O–H groups in total. The molecule has 3 aromatic carbocycles. The maximum absolute atomic E-state index is 13.1. The summed E-state index contributed by atoms with van der Waals surface area (Å²) in [6.45, 7) is 0. The third-order valence-corrected chi connectivity index (χ3v) is 6.78. The van der Waals surface area contributed by atoms with Crippen LogP contribution in [0.15, 0.2) is 65.6 Å². The number of nitrogens with one attached hydrogen (secondary N) is 2. The number of fused-ring (bicyclic) bond motifs is 4. The van der Waals surface area contributed by atoms with Crippen LogP contribution in [0, 0.1) is 0 Å². The second-order valence-electron chi connectivity index (χ2n) is 7.13. The molecular weight excluding hydrogens is 356 g/mol. The molecule has 136 valence electrons. The lowest BCUT2D eigenvalue weighted by molar-refractivity contribution is 0.601. The summed E-state index contributed by atoms with van der Waals surface area (Å²) in [6.07, 6.45) is 4.40. The lowest BCUT2D eigenvalue weighted by Gasteiger charge is -2.12. The molecular formula is C22H20N2O2S. The van der Waals surface area contributed by atoms with Gasteiger partial charge in [-0.25, -0.2) is 8.42 Å². The van der Waals surface area contributed by atoms with Crippen molar-refractivity contribution in [2.24, 2.45) is 0 Å². The van der Waals surface area contributed by atoms with Gasteiger partial charge in [-0.2, -0.15) is 0 Å². The lowest BCUT2D eigenvalue weighted by atomic mass is 9.96. The lowest BCUT2D eigenvalue weighted by Crippen LogP contribution is -2.13. The van der Waals surface area contributed by atoms with Crippen LogP contribution < -0.4 is 4.72 Å². The average Bonchev–Trinajstić information content (AvgIpc) is 3.06. The SMILES string of the molecule is O=S(=O)(Nc1cccc2ccccc12)c1ccc2[nH]c3c(c2c1)CCCC3. The summed E-state index contributed by atoms with van der Waals surface area (Å²) in [5.74, 6) is 0. The molecule has 0 radical (unpaired) electrons. The first kappa shape index (κ1) is 16.4. The minimum Gasteiger partial charge on any atom is -0.358 e. The molecule has 27 heavy (non-hydrogen) atoms. The van der Waals surface area contributed by atoms with Crippen molar-refractivity contribution in [3.05, 3.63) is 71.9 Å². The highest BCUT2D eigenvalue weighted by Crippen LogP contribution is 2.32. The molecule has 0 bridgehead atoms. The quantitative estimate of drug-likeness (QED) is 0.528. The van der Waals surface area contributed by atoms with Gasteiger partial charge in [0.15, 0.2) is 0 Å². The van der Waals surface area contributed by atoms with Crippen molar-refractivity contribution in [2.75, 3.05) is 4.72 Å². The number of rotatable bonds is 3. The van der Waals surface area contributed by atoms with Gasteiger partial charge in [0.1, 0.15) is 0 Å². The van der Waals surface area contributed by atoms with E-state index in [4.69, 9.17) is 0 Å². The van der Waals surface area contributed by atoms with Crippen LogP contribution in [-0.2, 0) is 22.9 Å². The molecule has 0 aliphatic heterocycles. The van der Waals surface area contributed by atoms with Gasteiger partial charge in [0.25, 0.3) is 10.0 Å². The Morgan fingerprint density at radius 3 is 2.59 bits per heavy atom. The van der Waals surface area contributed by atoms with Crippen molar-refractivity contribution < 1.29 is 8.42 Å². The van der Waals surface area contributed by atoms with Gasteiger partial charge in [-0.3, -0.25) is 4.72 Å². The molecule has 0 fully saturated rings. The summed E-state index contributed by atoms with van der Waals surface area (Å²) in [4.78, 5) is 3.75. The van der Waals surface area contributed by atoms with E-state index in [1.807, 2.05) is 48.5 Å². The molecule has 0 spiro atoms. The monoisotopic (exact) mass is 376 g/mol. The Labute approximate surface area is 158 Å². The molecule has 0 saturated carbocycles. The molecule has 4 aromatic rings. The highest BCUT2D eigenvalue weighted by atomic mass is 32.2. The summed E-state index contributed by atoms with van der Waals surface area (Å²) in [7, 11) is -3.66. The molecule has 0 atom stereocenters. The minimum absolute atomic E-state index is 0.301.